The van der Waals surface area contributed by atoms with Gasteiger partial charge in [-0.25, -0.2) is 9.98 Å². The number of fused-ring (bicyclic) bond motifs is 1. The normalized spacial score (nSPS) is 23.0. The molecule has 0 aromatic rings. The van der Waals surface area contributed by atoms with Crippen LogP contribution in [0.5, 0.6) is 0 Å². The number of guanidine groups is 1. The Bertz CT molecular complexity index is 423. The Balaban J connectivity index is 2.16. The third-order valence-electron chi connectivity index (χ3n) is 1.76. The molecule has 1 unspecified atom stereocenters. The Morgan fingerprint density at radius 2 is 2.40 bits per heavy atom. The first-order chi connectivity index (χ1) is 7.16. The molecule has 2 rings (SSSR count). The monoisotopic (exact) mass is 223 g/mol. The zero-order valence-electron chi connectivity index (χ0n) is 8.04. The summed E-state index contributed by atoms with van der Waals surface area (Å²) in [5, 5.41) is 0.685. The van der Waals surface area contributed by atoms with Gasteiger partial charge in [0.25, 0.3) is 0 Å². The first-order valence-electron chi connectivity index (χ1n) is 4.31. The highest BCUT2D eigenvalue weighted by atomic mass is 32.2. The molecule has 0 aromatic carbocycles. The Labute approximate surface area is 90.5 Å². The lowest BCUT2D eigenvalue weighted by atomic mass is 10.3. The van der Waals surface area contributed by atoms with Crippen LogP contribution in [0.1, 0.15) is 6.92 Å². The summed E-state index contributed by atoms with van der Waals surface area (Å²) in [6, 6.07) is -0.262. The van der Waals surface area contributed by atoms with E-state index < -0.39 is 0 Å². The van der Waals surface area contributed by atoms with Crippen molar-refractivity contribution in [2.24, 2.45) is 25.7 Å². The Kier molecular flexibility index (Phi) is 2.63. The van der Waals surface area contributed by atoms with E-state index in [1.165, 1.54) is 25.0 Å². The van der Waals surface area contributed by atoms with Crippen LogP contribution < -0.4 is 5.73 Å². The summed E-state index contributed by atoms with van der Waals surface area (Å²) >= 11 is 1.33. The largest absolute Gasteiger partial charge is 0.368 e. The Morgan fingerprint density at radius 1 is 1.60 bits per heavy atom. The van der Waals surface area contributed by atoms with Gasteiger partial charge in [0.05, 0.1) is 5.75 Å². The number of nitrogens with two attached hydrogens (primary N) is 1. The van der Waals surface area contributed by atoms with Crippen molar-refractivity contribution in [3.8, 4) is 0 Å². The second-order valence-corrected chi connectivity index (χ2v) is 4.06. The van der Waals surface area contributed by atoms with Crippen molar-refractivity contribution in [3.05, 3.63) is 0 Å². The van der Waals surface area contributed by atoms with Crippen LogP contribution in [0.3, 0.4) is 0 Å². The molecule has 0 radical (unpaired) electrons. The van der Waals surface area contributed by atoms with E-state index in [0.29, 0.717) is 16.6 Å². The van der Waals surface area contributed by atoms with E-state index in [4.69, 9.17) is 5.73 Å². The molecule has 1 atom stereocenters. The van der Waals surface area contributed by atoms with Gasteiger partial charge in [0.1, 0.15) is 17.2 Å². The molecule has 0 amide bonds. The summed E-state index contributed by atoms with van der Waals surface area (Å²) in [6.07, 6.45) is 1.44. The van der Waals surface area contributed by atoms with E-state index in [9.17, 15) is 4.79 Å². The van der Waals surface area contributed by atoms with Crippen LogP contribution in [0.15, 0.2) is 20.0 Å². The number of hydrogen-bond acceptors (Lipinski definition) is 7. The molecule has 0 saturated carbocycles. The van der Waals surface area contributed by atoms with Gasteiger partial charge in [-0.1, -0.05) is 0 Å². The molecule has 2 heterocycles. The summed E-state index contributed by atoms with van der Waals surface area (Å²) in [5.74, 6) is 1.17. The van der Waals surface area contributed by atoms with E-state index in [1.54, 1.807) is 0 Å². The predicted molar refractivity (Wildman–Crippen MR) is 61.9 cm³/mol. The fourth-order valence-corrected chi connectivity index (χ4v) is 2.00. The topological polar surface area (TPSA) is 92.5 Å². The number of carbonyl (C=O) groups excluding carboxylic acids is 1. The van der Waals surface area contributed by atoms with Gasteiger partial charge in [0.15, 0.2) is 11.9 Å². The maximum atomic E-state index is 10.9. The molecule has 0 aliphatic carbocycles. The molecule has 15 heavy (non-hydrogen) atoms. The molecule has 78 valence electrons. The number of hydrogen-bond donors (Lipinski definition) is 1. The number of nitrogens with zero attached hydrogens (tertiary/aromatic N) is 4. The number of rotatable bonds is 2. The SMILES string of the molecule is CC(=O)CSC1=NC(N)=NC2=NC=NC21. The van der Waals surface area contributed by atoms with Crippen molar-refractivity contribution in [1.29, 1.82) is 0 Å². The van der Waals surface area contributed by atoms with Crippen LogP contribution in [0.25, 0.3) is 0 Å². The van der Waals surface area contributed by atoms with Gasteiger partial charge in [0, 0.05) is 0 Å². The number of ketones is 1. The predicted octanol–water partition coefficient (Wildman–Crippen LogP) is -0.156. The molecule has 0 spiro atoms. The molecular weight excluding hydrogens is 214 g/mol. The van der Waals surface area contributed by atoms with Crippen LogP contribution in [0.2, 0.25) is 0 Å². The van der Waals surface area contributed by atoms with Gasteiger partial charge in [-0.05, 0) is 6.92 Å². The van der Waals surface area contributed by atoms with Gasteiger partial charge < -0.3 is 5.73 Å². The first-order valence-corrected chi connectivity index (χ1v) is 5.29. The van der Waals surface area contributed by atoms with Gasteiger partial charge in [-0.2, -0.15) is 4.99 Å². The van der Waals surface area contributed by atoms with Crippen LogP contribution >= 0.6 is 11.8 Å². The van der Waals surface area contributed by atoms with Crippen molar-refractivity contribution in [2.75, 3.05) is 5.75 Å². The first kappa shape index (κ1) is 10.0. The lowest BCUT2D eigenvalue weighted by Crippen LogP contribution is -2.31. The highest BCUT2D eigenvalue weighted by molar-refractivity contribution is 8.14. The minimum absolute atomic E-state index is 0.0873. The van der Waals surface area contributed by atoms with Gasteiger partial charge in [-0.3, -0.25) is 9.79 Å². The average Bonchev–Trinajstić information content (AvgIpc) is 2.61. The van der Waals surface area contributed by atoms with Crippen LogP contribution in [-0.4, -0.2) is 40.8 Å². The van der Waals surface area contributed by atoms with Gasteiger partial charge >= 0.3 is 0 Å². The van der Waals surface area contributed by atoms with Crippen molar-refractivity contribution in [1.82, 2.24) is 0 Å². The quantitative estimate of drug-likeness (QED) is 0.705. The summed E-state index contributed by atoms with van der Waals surface area (Å²) in [6.45, 7) is 1.53. The van der Waals surface area contributed by atoms with E-state index in [0.717, 1.165) is 0 Å². The molecule has 7 heteroatoms. The number of amidine groups is 1. The Morgan fingerprint density at radius 3 is 3.13 bits per heavy atom. The second-order valence-electron chi connectivity index (χ2n) is 3.07. The number of thioether (sulfide) groups is 1. The van der Waals surface area contributed by atoms with Gasteiger partial charge in [-0.15, -0.1) is 11.8 Å². The third kappa shape index (κ3) is 2.12. The van der Waals surface area contributed by atoms with E-state index in [1.807, 2.05) is 0 Å². The summed E-state index contributed by atoms with van der Waals surface area (Å²) in [4.78, 5) is 26.9. The standard InChI is InChI=1S/C8H9N5OS/c1-4(14)2-15-7-5-6(11-3-10-5)12-8(9)13-7/h3,5H,2H2,1H3,(H2,9,10,11,12). The zero-order valence-corrected chi connectivity index (χ0v) is 8.86. The second kappa shape index (κ2) is 3.93. The van der Waals surface area contributed by atoms with E-state index in [-0.39, 0.29) is 17.8 Å². The van der Waals surface area contributed by atoms with Crippen molar-refractivity contribution in [3.63, 3.8) is 0 Å². The third-order valence-corrected chi connectivity index (χ3v) is 2.92. The molecule has 2 N–H and O–H groups in total. The molecule has 0 fully saturated rings. The summed E-state index contributed by atoms with van der Waals surface area (Å²) in [5.41, 5.74) is 5.52. The van der Waals surface area contributed by atoms with E-state index in [2.05, 4.69) is 20.0 Å². The minimum Gasteiger partial charge on any atom is -0.368 e. The van der Waals surface area contributed by atoms with Gasteiger partial charge in [0.2, 0.25) is 5.96 Å². The fraction of sp³-hybridized carbons (Fsp3) is 0.375. The molecule has 0 bridgehead atoms. The van der Waals surface area contributed by atoms with E-state index >= 15 is 0 Å². The van der Waals surface area contributed by atoms with Crippen LogP contribution in [0, 0.1) is 0 Å². The number of Topliss-reactive ketones (excluding diaryl/α,β-unsaturated/α-hetero) is 1. The lowest BCUT2D eigenvalue weighted by Gasteiger charge is -2.14. The molecule has 2 aliphatic heterocycles. The fourth-order valence-electron chi connectivity index (χ4n) is 1.16. The average molecular weight is 223 g/mol. The smallest absolute Gasteiger partial charge is 0.222 e. The number of aliphatic imine (C=N–C) groups is 4. The minimum atomic E-state index is -0.262. The highest BCUT2D eigenvalue weighted by Crippen LogP contribution is 2.18. The van der Waals surface area contributed by atoms with Crippen molar-refractivity contribution < 1.29 is 4.79 Å². The maximum absolute atomic E-state index is 10.9. The molecular formula is C8H9N5OS. The zero-order chi connectivity index (χ0) is 10.8. The maximum Gasteiger partial charge on any atom is 0.222 e. The highest BCUT2D eigenvalue weighted by Gasteiger charge is 2.28. The van der Waals surface area contributed by atoms with Crippen molar-refractivity contribution in [2.45, 2.75) is 13.0 Å². The molecule has 0 aromatic heterocycles. The lowest BCUT2D eigenvalue weighted by molar-refractivity contribution is -0.114. The van der Waals surface area contributed by atoms with Crippen LogP contribution in [0.4, 0.5) is 0 Å². The van der Waals surface area contributed by atoms with Crippen molar-refractivity contribution >= 4 is 40.7 Å². The molecule has 0 saturated heterocycles. The molecule has 2 aliphatic rings. The number of carbonyl (C=O) groups is 1. The van der Waals surface area contributed by atoms with Crippen LogP contribution in [-0.2, 0) is 4.79 Å². The molecule has 6 nitrogen and oxygen atoms in total. The Hall–Kier alpha value is -1.50. The summed E-state index contributed by atoms with van der Waals surface area (Å²) < 4.78 is 0. The summed E-state index contributed by atoms with van der Waals surface area (Å²) in [7, 11) is 0.